The fourth-order valence-corrected chi connectivity index (χ4v) is 3.21. The summed E-state index contributed by atoms with van der Waals surface area (Å²) in [4.78, 5) is 0. The minimum Gasteiger partial charge on any atom is -0.381 e. The Kier molecular flexibility index (Phi) is 4.55. The Hall–Kier alpha value is -0.690. The summed E-state index contributed by atoms with van der Waals surface area (Å²) in [6, 6.07) is 6.85. The lowest BCUT2D eigenvalue weighted by Crippen LogP contribution is -2.29. The summed E-state index contributed by atoms with van der Waals surface area (Å²) in [5, 5.41) is 4.48. The maximum absolute atomic E-state index is 6.29. The standard InChI is InChI=1S/C16H24ClN/c1-11(2)13-5-4-6-14(10-13)18-16-8-7-12(3)9-15(16)17/h7-9,11,13-14,18H,4-6,10H2,1-3H3. The fraction of sp³-hybridized carbons (Fsp3) is 0.625. The predicted molar refractivity (Wildman–Crippen MR) is 80.4 cm³/mol. The highest BCUT2D eigenvalue weighted by molar-refractivity contribution is 6.33. The molecule has 2 unspecified atom stereocenters. The van der Waals surface area contributed by atoms with Gasteiger partial charge in [0.1, 0.15) is 0 Å². The second-order valence-corrected chi connectivity index (χ2v) is 6.40. The van der Waals surface area contributed by atoms with E-state index in [1.54, 1.807) is 0 Å². The lowest BCUT2D eigenvalue weighted by Gasteiger charge is -2.32. The number of halogens is 1. The third-order valence-electron chi connectivity index (χ3n) is 4.14. The fourth-order valence-electron chi connectivity index (χ4n) is 2.92. The molecule has 0 saturated heterocycles. The number of hydrogen-bond donors (Lipinski definition) is 1. The molecular formula is C16H24ClN. The van der Waals surface area contributed by atoms with E-state index in [-0.39, 0.29) is 0 Å². The van der Waals surface area contributed by atoms with Gasteiger partial charge < -0.3 is 5.32 Å². The van der Waals surface area contributed by atoms with Crippen molar-refractivity contribution in [2.45, 2.75) is 52.5 Å². The molecule has 0 aromatic heterocycles. The van der Waals surface area contributed by atoms with E-state index in [1.807, 2.05) is 6.07 Å². The van der Waals surface area contributed by atoms with Gasteiger partial charge in [-0.2, -0.15) is 0 Å². The molecular weight excluding hydrogens is 242 g/mol. The summed E-state index contributed by atoms with van der Waals surface area (Å²) in [7, 11) is 0. The number of aryl methyl sites for hydroxylation is 1. The van der Waals surface area contributed by atoms with Crippen molar-refractivity contribution < 1.29 is 0 Å². The lowest BCUT2D eigenvalue weighted by molar-refractivity contribution is 0.264. The molecule has 1 aliphatic rings. The van der Waals surface area contributed by atoms with E-state index in [0.29, 0.717) is 6.04 Å². The molecule has 2 heteroatoms. The average Bonchev–Trinajstić information content (AvgIpc) is 2.33. The topological polar surface area (TPSA) is 12.0 Å². The van der Waals surface area contributed by atoms with Gasteiger partial charge in [0.2, 0.25) is 0 Å². The maximum Gasteiger partial charge on any atom is 0.0640 e. The molecule has 1 saturated carbocycles. The highest BCUT2D eigenvalue weighted by atomic mass is 35.5. The normalized spacial score (nSPS) is 24.3. The Morgan fingerprint density at radius 2 is 2.06 bits per heavy atom. The molecule has 0 heterocycles. The minimum absolute atomic E-state index is 0.589. The summed E-state index contributed by atoms with van der Waals surface area (Å²) in [6.07, 6.45) is 5.27. The van der Waals surface area contributed by atoms with Crippen molar-refractivity contribution in [3.8, 4) is 0 Å². The molecule has 0 bridgehead atoms. The monoisotopic (exact) mass is 265 g/mol. The van der Waals surface area contributed by atoms with Crippen molar-refractivity contribution >= 4 is 17.3 Å². The van der Waals surface area contributed by atoms with Gasteiger partial charge in [-0.05, 0) is 49.3 Å². The van der Waals surface area contributed by atoms with Crippen LogP contribution in [0.3, 0.4) is 0 Å². The molecule has 100 valence electrons. The highest BCUT2D eigenvalue weighted by Crippen LogP contribution is 2.33. The van der Waals surface area contributed by atoms with Crippen LogP contribution in [0.5, 0.6) is 0 Å². The van der Waals surface area contributed by atoms with Gasteiger partial charge in [-0.15, -0.1) is 0 Å². The van der Waals surface area contributed by atoms with Crippen LogP contribution in [-0.2, 0) is 0 Å². The largest absolute Gasteiger partial charge is 0.381 e. The van der Waals surface area contributed by atoms with Crippen LogP contribution >= 0.6 is 11.6 Å². The van der Waals surface area contributed by atoms with Gasteiger partial charge >= 0.3 is 0 Å². The number of nitrogens with one attached hydrogen (secondary N) is 1. The summed E-state index contributed by atoms with van der Waals surface area (Å²) in [5.41, 5.74) is 2.31. The highest BCUT2D eigenvalue weighted by Gasteiger charge is 2.24. The summed E-state index contributed by atoms with van der Waals surface area (Å²) in [6.45, 7) is 6.75. The van der Waals surface area contributed by atoms with E-state index < -0.39 is 0 Å². The molecule has 0 spiro atoms. The number of rotatable bonds is 3. The van der Waals surface area contributed by atoms with Crippen LogP contribution in [-0.4, -0.2) is 6.04 Å². The summed E-state index contributed by atoms with van der Waals surface area (Å²) in [5.74, 6) is 1.66. The van der Waals surface area contributed by atoms with Crippen molar-refractivity contribution in [3.63, 3.8) is 0 Å². The Morgan fingerprint density at radius 3 is 2.72 bits per heavy atom. The van der Waals surface area contributed by atoms with Gasteiger partial charge in [-0.25, -0.2) is 0 Å². The minimum atomic E-state index is 0.589. The molecule has 2 rings (SSSR count). The molecule has 1 nitrogen and oxygen atoms in total. The van der Waals surface area contributed by atoms with Crippen molar-refractivity contribution in [1.29, 1.82) is 0 Å². The first-order valence-corrected chi connectivity index (χ1v) is 7.46. The van der Waals surface area contributed by atoms with Gasteiger partial charge in [0, 0.05) is 6.04 Å². The molecule has 0 radical (unpaired) electrons. The van der Waals surface area contributed by atoms with Gasteiger partial charge in [0.25, 0.3) is 0 Å². The van der Waals surface area contributed by atoms with Crippen LogP contribution in [0.1, 0.15) is 45.1 Å². The molecule has 1 aromatic rings. The summed E-state index contributed by atoms with van der Waals surface area (Å²) >= 11 is 6.29. The summed E-state index contributed by atoms with van der Waals surface area (Å²) < 4.78 is 0. The number of anilines is 1. The smallest absolute Gasteiger partial charge is 0.0640 e. The van der Waals surface area contributed by atoms with Crippen molar-refractivity contribution in [2.24, 2.45) is 11.8 Å². The zero-order valence-electron chi connectivity index (χ0n) is 11.7. The average molecular weight is 266 g/mol. The Morgan fingerprint density at radius 1 is 1.28 bits per heavy atom. The second kappa shape index (κ2) is 5.97. The van der Waals surface area contributed by atoms with Crippen LogP contribution in [0.25, 0.3) is 0 Å². The molecule has 18 heavy (non-hydrogen) atoms. The molecule has 0 aliphatic heterocycles. The van der Waals surface area contributed by atoms with E-state index >= 15 is 0 Å². The van der Waals surface area contributed by atoms with Gasteiger partial charge in [0.15, 0.2) is 0 Å². The second-order valence-electron chi connectivity index (χ2n) is 6.00. The van der Waals surface area contributed by atoms with Crippen LogP contribution < -0.4 is 5.32 Å². The zero-order chi connectivity index (χ0) is 13.1. The Balaban J connectivity index is 2.00. The van der Waals surface area contributed by atoms with E-state index in [1.165, 1.54) is 31.2 Å². The third-order valence-corrected chi connectivity index (χ3v) is 4.45. The van der Waals surface area contributed by atoms with Crippen molar-refractivity contribution in [3.05, 3.63) is 28.8 Å². The van der Waals surface area contributed by atoms with E-state index in [9.17, 15) is 0 Å². The molecule has 1 N–H and O–H groups in total. The van der Waals surface area contributed by atoms with Crippen LogP contribution in [0, 0.1) is 18.8 Å². The van der Waals surface area contributed by atoms with E-state index in [0.717, 1.165) is 22.5 Å². The quantitative estimate of drug-likeness (QED) is 0.785. The van der Waals surface area contributed by atoms with E-state index in [4.69, 9.17) is 11.6 Å². The molecule has 2 atom stereocenters. The van der Waals surface area contributed by atoms with Gasteiger partial charge in [-0.3, -0.25) is 0 Å². The van der Waals surface area contributed by atoms with Gasteiger partial charge in [-0.1, -0.05) is 44.4 Å². The molecule has 1 aliphatic carbocycles. The first-order chi connectivity index (χ1) is 8.56. The molecule has 0 amide bonds. The zero-order valence-corrected chi connectivity index (χ0v) is 12.4. The predicted octanol–water partition coefficient (Wildman–Crippen LogP) is 5.28. The van der Waals surface area contributed by atoms with Crippen LogP contribution in [0.2, 0.25) is 5.02 Å². The van der Waals surface area contributed by atoms with Crippen molar-refractivity contribution in [2.75, 3.05) is 5.32 Å². The van der Waals surface area contributed by atoms with Gasteiger partial charge in [0.05, 0.1) is 10.7 Å². The number of benzene rings is 1. The molecule has 1 aromatic carbocycles. The SMILES string of the molecule is Cc1ccc(NC2CCCC(C(C)C)C2)c(Cl)c1. The molecule has 1 fully saturated rings. The number of hydrogen-bond acceptors (Lipinski definition) is 1. The van der Waals surface area contributed by atoms with Crippen LogP contribution in [0.15, 0.2) is 18.2 Å². The third kappa shape index (κ3) is 3.41. The van der Waals surface area contributed by atoms with Crippen LogP contribution in [0.4, 0.5) is 5.69 Å². The van der Waals surface area contributed by atoms with E-state index in [2.05, 4.69) is 38.2 Å². The maximum atomic E-state index is 6.29. The van der Waals surface area contributed by atoms with Crippen molar-refractivity contribution in [1.82, 2.24) is 0 Å². The first-order valence-electron chi connectivity index (χ1n) is 7.09. The Labute approximate surface area is 116 Å². The lowest BCUT2D eigenvalue weighted by atomic mass is 9.79. The Bertz CT molecular complexity index is 400. The first kappa shape index (κ1) is 13.7.